The van der Waals surface area contributed by atoms with Crippen LogP contribution in [0.4, 0.5) is 0 Å². The lowest BCUT2D eigenvalue weighted by molar-refractivity contribution is 0.0675. The Bertz CT molecular complexity index is 114. The summed E-state index contributed by atoms with van der Waals surface area (Å²) < 4.78 is 0. The molecule has 0 saturated carbocycles. The maximum Gasteiger partial charge on any atom is 0.0241 e. The predicted octanol–water partition coefficient (Wildman–Crippen LogP) is 1.63. The third kappa shape index (κ3) is 2.17. The third-order valence-electron chi connectivity index (χ3n) is 2.70. The van der Waals surface area contributed by atoms with Crippen LogP contribution < -0.4 is 5.43 Å². The van der Waals surface area contributed by atoms with Crippen molar-refractivity contribution in [3.05, 3.63) is 0 Å². The van der Waals surface area contributed by atoms with Gasteiger partial charge in [0.05, 0.1) is 0 Å². The first-order valence-corrected chi connectivity index (χ1v) is 4.72. The van der Waals surface area contributed by atoms with E-state index in [0.29, 0.717) is 0 Å². The van der Waals surface area contributed by atoms with Crippen molar-refractivity contribution in [1.82, 2.24) is 10.4 Å². The molecule has 2 atom stereocenters. The molecule has 1 heterocycles. The van der Waals surface area contributed by atoms with Crippen molar-refractivity contribution in [2.75, 3.05) is 13.6 Å². The lowest BCUT2D eigenvalue weighted by Crippen LogP contribution is -2.48. The highest BCUT2D eigenvalue weighted by Gasteiger charge is 2.23. The van der Waals surface area contributed by atoms with Crippen molar-refractivity contribution >= 4 is 0 Å². The summed E-state index contributed by atoms with van der Waals surface area (Å²) in [4.78, 5) is 0. The number of hydrogen-bond donors (Lipinski definition) is 1. The van der Waals surface area contributed by atoms with Crippen LogP contribution in [-0.4, -0.2) is 24.6 Å². The molecular formula is C9H20N2. The van der Waals surface area contributed by atoms with Gasteiger partial charge in [-0.05, 0) is 32.2 Å². The zero-order chi connectivity index (χ0) is 8.27. The molecule has 2 nitrogen and oxygen atoms in total. The number of nitrogens with zero attached hydrogens (tertiary/aromatic N) is 1. The quantitative estimate of drug-likeness (QED) is 0.653. The molecule has 0 radical (unpaired) electrons. The molecule has 1 aliphatic rings. The van der Waals surface area contributed by atoms with Gasteiger partial charge in [-0.3, -0.25) is 5.43 Å². The van der Waals surface area contributed by atoms with E-state index in [2.05, 4.69) is 24.3 Å². The second kappa shape index (κ2) is 4.07. The number of hydrazine groups is 1. The molecule has 11 heavy (non-hydrogen) atoms. The van der Waals surface area contributed by atoms with E-state index >= 15 is 0 Å². The highest BCUT2D eigenvalue weighted by Crippen LogP contribution is 2.21. The number of nitrogens with one attached hydrogen (secondary N) is 1. The summed E-state index contributed by atoms with van der Waals surface area (Å²) in [6, 6.07) is 0.774. The highest BCUT2D eigenvalue weighted by atomic mass is 15.5. The van der Waals surface area contributed by atoms with Crippen LogP contribution in [0.15, 0.2) is 0 Å². The van der Waals surface area contributed by atoms with E-state index < -0.39 is 0 Å². The summed E-state index contributed by atoms with van der Waals surface area (Å²) in [6.45, 7) is 5.82. The summed E-state index contributed by atoms with van der Waals surface area (Å²) in [5.41, 5.74) is 3.27. The third-order valence-corrected chi connectivity index (χ3v) is 2.70. The Morgan fingerprint density at radius 1 is 1.45 bits per heavy atom. The zero-order valence-electron chi connectivity index (χ0n) is 7.93. The smallest absolute Gasteiger partial charge is 0.0241 e. The number of hydrogen-bond acceptors (Lipinski definition) is 2. The monoisotopic (exact) mass is 156 g/mol. The van der Waals surface area contributed by atoms with Crippen LogP contribution in [0.1, 0.15) is 33.1 Å². The van der Waals surface area contributed by atoms with Crippen molar-refractivity contribution in [1.29, 1.82) is 0 Å². The van der Waals surface area contributed by atoms with Gasteiger partial charge in [0.1, 0.15) is 0 Å². The average Bonchev–Trinajstić information content (AvgIpc) is 2.04. The first-order chi connectivity index (χ1) is 5.27. The summed E-state index contributed by atoms with van der Waals surface area (Å²) >= 11 is 0. The van der Waals surface area contributed by atoms with Crippen LogP contribution in [0.25, 0.3) is 0 Å². The fourth-order valence-corrected chi connectivity index (χ4v) is 1.91. The van der Waals surface area contributed by atoms with Crippen molar-refractivity contribution in [3.8, 4) is 0 Å². The van der Waals surface area contributed by atoms with Gasteiger partial charge in [0.25, 0.3) is 0 Å². The van der Waals surface area contributed by atoms with Crippen molar-refractivity contribution < 1.29 is 0 Å². The van der Waals surface area contributed by atoms with E-state index in [-0.39, 0.29) is 0 Å². The fourth-order valence-electron chi connectivity index (χ4n) is 1.91. The van der Waals surface area contributed by atoms with Crippen LogP contribution in [0.3, 0.4) is 0 Å². The lowest BCUT2D eigenvalue weighted by atomic mass is 9.94. The molecule has 0 bridgehead atoms. The lowest BCUT2D eigenvalue weighted by Gasteiger charge is -2.37. The van der Waals surface area contributed by atoms with Gasteiger partial charge in [-0.1, -0.05) is 13.8 Å². The summed E-state index contributed by atoms with van der Waals surface area (Å²) in [6.07, 6.45) is 4.03. The number of piperidine rings is 1. The van der Waals surface area contributed by atoms with E-state index in [1.807, 2.05) is 7.05 Å². The minimum atomic E-state index is 0.774. The van der Waals surface area contributed by atoms with Gasteiger partial charge in [-0.15, -0.1) is 0 Å². The van der Waals surface area contributed by atoms with Crippen LogP contribution in [0.5, 0.6) is 0 Å². The molecular weight excluding hydrogens is 136 g/mol. The number of rotatable bonds is 2. The largest absolute Gasteiger partial charge is 0.258 e. The molecule has 1 unspecified atom stereocenters. The van der Waals surface area contributed by atoms with Gasteiger partial charge in [0.2, 0.25) is 0 Å². The Kier molecular flexibility index (Phi) is 3.34. The van der Waals surface area contributed by atoms with E-state index in [9.17, 15) is 0 Å². The van der Waals surface area contributed by atoms with Crippen LogP contribution in [0.2, 0.25) is 0 Å². The Labute approximate surface area is 69.9 Å². The molecule has 2 heteroatoms. The van der Waals surface area contributed by atoms with Crippen LogP contribution >= 0.6 is 0 Å². The van der Waals surface area contributed by atoms with E-state index in [1.165, 1.54) is 25.8 Å². The van der Waals surface area contributed by atoms with Crippen molar-refractivity contribution in [3.63, 3.8) is 0 Å². The highest BCUT2D eigenvalue weighted by molar-refractivity contribution is 4.75. The normalized spacial score (nSPS) is 34.1. The summed E-state index contributed by atoms with van der Waals surface area (Å²) in [5.74, 6) is 0.866. The Morgan fingerprint density at radius 3 is 2.73 bits per heavy atom. The molecule has 1 aliphatic heterocycles. The summed E-state index contributed by atoms with van der Waals surface area (Å²) in [5, 5.41) is 2.38. The Morgan fingerprint density at radius 2 is 2.18 bits per heavy atom. The molecule has 0 aromatic heterocycles. The Balaban J connectivity index is 2.41. The van der Waals surface area contributed by atoms with Crippen molar-refractivity contribution in [2.24, 2.45) is 5.92 Å². The fraction of sp³-hybridized carbons (Fsp3) is 1.00. The molecule has 0 aromatic rings. The maximum atomic E-state index is 3.27. The van der Waals surface area contributed by atoms with Crippen LogP contribution in [-0.2, 0) is 0 Å². The Hall–Kier alpha value is -0.0800. The van der Waals surface area contributed by atoms with Crippen LogP contribution in [0, 0.1) is 5.92 Å². The molecule has 0 aliphatic carbocycles. The molecule has 66 valence electrons. The minimum absolute atomic E-state index is 0.774. The average molecular weight is 156 g/mol. The minimum Gasteiger partial charge on any atom is -0.258 e. The molecule has 0 spiro atoms. The van der Waals surface area contributed by atoms with E-state index in [1.54, 1.807) is 0 Å². The molecule has 1 fully saturated rings. The summed E-state index contributed by atoms with van der Waals surface area (Å²) in [7, 11) is 2.03. The standard InChI is InChI=1S/C9H20N2/c1-4-9-6-5-8(2)7-11(9)10-3/h8-10H,4-7H2,1-3H3/t8-,9?/m0/s1. The topological polar surface area (TPSA) is 15.3 Å². The van der Waals surface area contributed by atoms with Gasteiger partial charge < -0.3 is 0 Å². The first kappa shape index (κ1) is 9.01. The van der Waals surface area contributed by atoms with Gasteiger partial charge in [-0.2, -0.15) is 0 Å². The molecule has 0 aromatic carbocycles. The predicted molar refractivity (Wildman–Crippen MR) is 48.2 cm³/mol. The van der Waals surface area contributed by atoms with E-state index in [4.69, 9.17) is 0 Å². The SMILES string of the molecule is CCC1CC[C@H](C)CN1NC. The van der Waals surface area contributed by atoms with Gasteiger partial charge in [0.15, 0.2) is 0 Å². The van der Waals surface area contributed by atoms with Gasteiger partial charge in [-0.25, -0.2) is 5.01 Å². The zero-order valence-corrected chi connectivity index (χ0v) is 7.93. The first-order valence-electron chi connectivity index (χ1n) is 4.72. The van der Waals surface area contributed by atoms with E-state index in [0.717, 1.165) is 12.0 Å². The molecule has 1 saturated heterocycles. The molecule has 1 N–H and O–H groups in total. The molecule has 0 amide bonds. The van der Waals surface area contributed by atoms with Gasteiger partial charge in [0, 0.05) is 12.6 Å². The maximum absolute atomic E-state index is 3.27. The second-order valence-electron chi connectivity index (χ2n) is 3.62. The van der Waals surface area contributed by atoms with Crippen molar-refractivity contribution in [2.45, 2.75) is 39.2 Å². The second-order valence-corrected chi connectivity index (χ2v) is 3.62. The van der Waals surface area contributed by atoms with Gasteiger partial charge >= 0.3 is 0 Å². The molecule has 1 rings (SSSR count).